The maximum absolute atomic E-state index is 12.1. The molecule has 3 N–H and O–H groups in total. The summed E-state index contributed by atoms with van der Waals surface area (Å²) in [7, 11) is 0. The predicted molar refractivity (Wildman–Crippen MR) is 132 cm³/mol. The minimum Gasteiger partial charge on any atom is -0.383 e. The number of carbonyl (C=O) groups excluding carboxylic acids is 1. The van der Waals surface area contributed by atoms with E-state index in [0.717, 1.165) is 59.5 Å². The van der Waals surface area contributed by atoms with E-state index in [1.807, 2.05) is 18.3 Å². The zero-order chi connectivity index (χ0) is 22.9. The normalized spacial score (nSPS) is 18.2. The van der Waals surface area contributed by atoms with Gasteiger partial charge >= 0.3 is 0 Å². The Balaban J connectivity index is 1.41. The average molecular weight is 443 g/mol. The smallest absolute Gasteiger partial charge is 0.251 e. The SMILES string of the molecule is CC(C)C1CN(c2ccc(-c3cnc(N)c(-c4ccc5c(c4)CCNC5=O)c3)cc2)CCO1. The monoisotopic (exact) mass is 442 g/mol. The number of anilines is 2. The number of fused-ring (bicyclic) bond motifs is 1. The molecule has 6 nitrogen and oxygen atoms in total. The van der Waals surface area contributed by atoms with Crippen molar-refractivity contribution in [2.24, 2.45) is 5.92 Å². The van der Waals surface area contributed by atoms with Gasteiger partial charge in [0, 0.05) is 48.2 Å². The molecule has 1 amide bonds. The third-order valence-electron chi connectivity index (χ3n) is 6.66. The number of benzene rings is 2. The third-order valence-corrected chi connectivity index (χ3v) is 6.66. The van der Waals surface area contributed by atoms with Crippen LogP contribution in [0, 0.1) is 5.92 Å². The van der Waals surface area contributed by atoms with Crippen LogP contribution in [-0.2, 0) is 11.2 Å². The first-order chi connectivity index (χ1) is 16.0. The highest BCUT2D eigenvalue weighted by Crippen LogP contribution is 2.32. The van der Waals surface area contributed by atoms with Crippen molar-refractivity contribution in [1.82, 2.24) is 10.3 Å². The first-order valence-electron chi connectivity index (χ1n) is 11.6. The van der Waals surface area contributed by atoms with Crippen molar-refractivity contribution < 1.29 is 9.53 Å². The predicted octanol–water partition coefficient (Wildman–Crippen LogP) is 4.14. The highest BCUT2D eigenvalue weighted by molar-refractivity contribution is 5.97. The lowest BCUT2D eigenvalue weighted by atomic mass is 9.94. The van der Waals surface area contributed by atoms with Crippen molar-refractivity contribution in [3.8, 4) is 22.3 Å². The molecule has 0 spiro atoms. The van der Waals surface area contributed by atoms with Crippen LogP contribution in [0.5, 0.6) is 0 Å². The van der Waals surface area contributed by atoms with Gasteiger partial charge in [0.1, 0.15) is 5.82 Å². The van der Waals surface area contributed by atoms with Crippen LogP contribution in [0.1, 0.15) is 29.8 Å². The molecule has 0 aliphatic carbocycles. The van der Waals surface area contributed by atoms with E-state index in [1.54, 1.807) is 0 Å². The van der Waals surface area contributed by atoms with Gasteiger partial charge in [-0.2, -0.15) is 0 Å². The molecule has 0 bridgehead atoms. The summed E-state index contributed by atoms with van der Waals surface area (Å²) in [6, 6.07) is 16.6. The number of nitrogens with one attached hydrogen (secondary N) is 1. The van der Waals surface area contributed by atoms with Crippen LogP contribution in [0.2, 0.25) is 0 Å². The van der Waals surface area contributed by atoms with Gasteiger partial charge in [0.05, 0.1) is 12.7 Å². The molecule has 0 saturated carbocycles. The molecule has 2 aliphatic heterocycles. The largest absolute Gasteiger partial charge is 0.383 e. The topological polar surface area (TPSA) is 80.5 Å². The Labute approximate surface area is 194 Å². The highest BCUT2D eigenvalue weighted by Gasteiger charge is 2.23. The van der Waals surface area contributed by atoms with Crippen LogP contribution in [-0.4, -0.2) is 43.2 Å². The molecule has 1 fully saturated rings. The molecule has 3 aromatic rings. The van der Waals surface area contributed by atoms with Crippen molar-refractivity contribution in [2.45, 2.75) is 26.4 Å². The van der Waals surface area contributed by atoms with Crippen molar-refractivity contribution in [3.05, 3.63) is 65.9 Å². The Morgan fingerprint density at radius 1 is 1.06 bits per heavy atom. The van der Waals surface area contributed by atoms with Gasteiger partial charge in [0.25, 0.3) is 5.91 Å². The molecular formula is C27H30N4O2. The van der Waals surface area contributed by atoms with Crippen molar-refractivity contribution in [3.63, 3.8) is 0 Å². The van der Waals surface area contributed by atoms with Gasteiger partial charge in [0.15, 0.2) is 0 Å². The molecule has 6 heteroatoms. The molecule has 0 radical (unpaired) electrons. The van der Waals surface area contributed by atoms with Crippen molar-refractivity contribution in [1.29, 1.82) is 0 Å². The number of amides is 1. The standard InChI is InChI=1S/C27H30N4O2/c1-17(2)25-16-31(11-12-33-25)22-6-3-18(4-7-22)21-14-24(26(28)30-15-21)19-5-8-23-20(13-19)9-10-29-27(23)32/h3-8,13-15,17,25H,9-12,16H2,1-2H3,(H2,28,30)(H,29,32). The van der Waals surface area contributed by atoms with Crippen LogP contribution in [0.25, 0.3) is 22.3 Å². The second-order valence-electron chi connectivity index (χ2n) is 9.18. The van der Waals surface area contributed by atoms with Gasteiger partial charge in [-0.3, -0.25) is 4.79 Å². The van der Waals surface area contributed by atoms with E-state index >= 15 is 0 Å². The average Bonchev–Trinajstić information content (AvgIpc) is 2.84. The van der Waals surface area contributed by atoms with Gasteiger partial charge in [-0.05, 0) is 53.3 Å². The van der Waals surface area contributed by atoms with Crippen molar-refractivity contribution in [2.75, 3.05) is 36.9 Å². The van der Waals surface area contributed by atoms with Gasteiger partial charge < -0.3 is 20.7 Å². The quantitative estimate of drug-likeness (QED) is 0.635. The molecule has 2 aromatic carbocycles. The fourth-order valence-corrected chi connectivity index (χ4v) is 4.64. The summed E-state index contributed by atoms with van der Waals surface area (Å²) in [4.78, 5) is 18.9. The third kappa shape index (κ3) is 4.31. The lowest BCUT2D eigenvalue weighted by molar-refractivity contribution is 0.0114. The number of nitrogens with zero attached hydrogens (tertiary/aromatic N) is 2. The summed E-state index contributed by atoms with van der Waals surface area (Å²) in [5.74, 6) is 0.982. The van der Waals surface area contributed by atoms with E-state index in [1.165, 1.54) is 5.69 Å². The highest BCUT2D eigenvalue weighted by atomic mass is 16.5. The van der Waals surface area contributed by atoms with Crippen molar-refractivity contribution >= 4 is 17.4 Å². The lowest BCUT2D eigenvalue weighted by Crippen LogP contribution is -2.44. The second kappa shape index (κ2) is 8.87. The van der Waals surface area contributed by atoms with E-state index < -0.39 is 0 Å². The maximum atomic E-state index is 12.1. The number of rotatable bonds is 4. The minimum absolute atomic E-state index is 0.0114. The van der Waals surface area contributed by atoms with Gasteiger partial charge in [-0.25, -0.2) is 4.98 Å². The zero-order valence-corrected chi connectivity index (χ0v) is 19.2. The Morgan fingerprint density at radius 2 is 1.85 bits per heavy atom. The van der Waals surface area contributed by atoms with E-state index in [4.69, 9.17) is 10.5 Å². The summed E-state index contributed by atoms with van der Waals surface area (Å²) >= 11 is 0. The Hall–Kier alpha value is -3.38. The summed E-state index contributed by atoms with van der Waals surface area (Å²) in [6.07, 6.45) is 2.91. The molecule has 33 heavy (non-hydrogen) atoms. The Bertz CT molecular complexity index is 1170. The number of morpholine rings is 1. The number of ether oxygens (including phenoxy) is 1. The summed E-state index contributed by atoms with van der Waals surface area (Å²) in [5.41, 5.74) is 13.2. The maximum Gasteiger partial charge on any atom is 0.251 e. The molecular weight excluding hydrogens is 412 g/mol. The summed E-state index contributed by atoms with van der Waals surface area (Å²) < 4.78 is 5.91. The molecule has 3 heterocycles. The fourth-order valence-electron chi connectivity index (χ4n) is 4.64. The van der Waals surface area contributed by atoms with Crippen LogP contribution in [0.15, 0.2) is 54.7 Å². The van der Waals surface area contributed by atoms with Gasteiger partial charge in [-0.15, -0.1) is 0 Å². The number of carbonyl (C=O) groups is 1. The number of pyridine rings is 1. The first kappa shape index (κ1) is 21.5. The van der Waals surface area contributed by atoms with Crippen LogP contribution < -0.4 is 16.0 Å². The van der Waals surface area contributed by atoms with E-state index in [-0.39, 0.29) is 12.0 Å². The number of nitrogens with two attached hydrogens (primary N) is 1. The first-order valence-corrected chi connectivity index (χ1v) is 11.6. The summed E-state index contributed by atoms with van der Waals surface area (Å²) in [6.45, 7) is 7.67. The molecule has 2 aliphatic rings. The van der Waals surface area contributed by atoms with Gasteiger partial charge in [0.2, 0.25) is 0 Å². The summed E-state index contributed by atoms with van der Waals surface area (Å²) in [5, 5.41) is 2.89. The van der Waals surface area contributed by atoms with E-state index in [9.17, 15) is 4.79 Å². The van der Waals surface area contributed by atoms with E-state index in [2.05, 4.69) is 65.4 Å². The fraction of sp³-hybridized carbons (Fsp3) is 0.333. The van der Waals surface area contributed by atoms with Crippen LogP contribution in [0.3, 0.4) is 0 Å². The molecule has 1 atom stereocenters. The molecule has 1 saturated heterocycles. The molecule has 5 rings (SSSR count). The van der Waals surface area contributed by atoms with Gasteiger partial charge in [-0.1, -0.05) is 38.1 Å². The number of hydrogen-bond donors (Lipinski definition) is 2. The lowest BCUT2D eigenvalue weighted by Gasteiger charge is -2.36. The molecule has 170 valence electrons. The Kier molecular flexibility index (Phi) is 5.77. The number of hydrogen-bond acceptors (Lipinski definition) is 5. The molecule has 1 unspecified atom stereocenters. The van der Waals surface area contributed by atoms with Crippen LogP contribution >= 0.6 is 0 Å². The van der Waals surface area contributed by atoms with Crippen LogP contribution in [0.4, 0.5) is 11.5 Å². The van der Waals surface area contributed by atoms with E-state index in [0.29, 0.717) is 18.3 Å². The molecule has 1 aromatic heterocycles. The Morgan fingerprint density at radius 3 is 2.64 bits per heavy atom. The zero-order valence-electron chi connectivity index (χ0n) is 19.2. The number of nitrogen functional groups attached to an aromatic ring is 1. The number of aromatic nitrogens is 1. The minimum atomic E-state index is -0.0114. The second-order valence-corrected chi connectivity index (χ2v) is 9.18.